The van der Waals surface area contributed by atoms with Crippen LogP contribution in [0, 0.1) is 0 Å². The minimum absolute atomic E-state index is 0.127. The number of pyridine rings is 1. The van der Waals surface area contributed by atoms with Crippen molar-refractivity contribution in [3.63, 3.8) is 0 Å². The van der Waals surface area contributed by atoms with Gasteiger partial charge in [0.25, 0.3) is 0 Å². The van der Waals surface area contributed by atoms with E-state index >= 15 is 0 Å². The Bertz CT molecular complexity index is 1110. The average Bonchev–Trinajstić information content (AvgIpc) is 3.47. The lowest BCUT2D eigenvalue weighted by Crippen LogP contribution is -2.23. The molecular formula is C23H23ClN6O. The standard InChI is InChI=1S/C23H23ClN6O/c24-20-15-26-23(27-17-12-19(14-25-13-17)30-10-4-7-21(30)31)28-22(20)16-5-3-6-18(11-16)29-8-1-2-9-29/h3,5-6,11-15H,1-2,4,7-10H2,(H,26,27,28). The Morgan fingerprint density at radius 3 is 2.65 bits per heavy atom. The monoisotopic (exact) mass is 434 g/mol. The fourth-order valence-corrected chi connectivity index (χ4v) is 4.35. The first-order chi connectivity index (χ1) is 15.2. The van der Waals surface area contributed by atoms with Gasteiger partial charge in [-0.1, -0.05) is 23.7 Å². The molecule has 2 saturated heterocycles. The summed E-state index contributed by atoms with van der Waals surface area (Å²) in [6.07, 6.45) is 8.90. The molecule has 3 aromatic rings. The molecule has 0 saturated carbocycles. The summed E-state index contributed by atoms with van der Waals surface area (Å²) >= 11 is 6.45. The van der Waals surface area contributed by atoms with Crippen LogP contribution >= 0.6 is 11.6 Å². The zero-order chi connectivity index (χ0) is 21.2. The van der Waals surface area contributed by atoms with Gasteiger partial charge in [-0.3, -0.25) is 9.78 Å². The van der Waals surface area contributed by atoms with E-state index in [0.29, 0.717) is 23.1 Å². The Kier molecular flexibility index (Phi) is 5.42. The van der Waals surface area contributed by atoms with Crippen LogP contribution in [0.2, 0.25) is 5.02 Å². The van der Waals surface area contributed by atoms with Crippen molar-refractivity contribution in [2.75, 3.05) is 34.8 Å². The third-order valence-electron chi connectivity index (χ3n) is 5.70. The molecule has 2 aliphatic rings. The quantitative estimate of drug-likeness (QED) is 0.629. The number of halogens is 1. The van der Waals surface area contributed by atoms with Gasteiger partial charge < -0.3 is 15.1 Å². The molecule has 5 rings (SSSR count). The minimum atomic E-state index is 0.127. The summed E-state index contributed by atoms with van der Waals surface area (Å²) in [4.78, 5) is 29.5. The number of nitrogens with zero attached hydrogens (tertiary/aromatic N) is 5. The van der Waals surface area contributed by atoms with Crippen molar-refractivity contribution in [2.45, 2.75) is 25.7 Å². The van der Waals surface area contributed by atoms with Gasteiger partial charge in [0.2, 0.25) is 11.9 Å². The van der Waals surface area contributed by atoms with Crippen LogP contribution in [0.25, 0.3) is 11.3 Å². The number of carbonyl (C=O) groups is 1. The third-order valence-corrected chi connectivity index (χ3v) is 5.98. The van der Waals surface area contributed by atoms with Crippen LogP contribution in [0.1, 0.15) is 25.7 Å². The molecule has 0 spiro atoms. The highest BCUT2D eigenvalue weighted by atomic mass is 35.5. The van der Waals surface area contributed by atoms with Crippen molar-refractivity contribution in [2.24, 2.45) is 0 Å². The molecular weight excluding hydrogens is 412 g/mol. The van der Waals surface area contributed by atoms with E-state index < -0.39 is 0 Å². The highest BCUT2D eigenvalue weighted by Gasteiger charge is 2.22. The number of anilines is 4. The van der Waals surface area contributed by atoms with Gasteiger partial charge >= 0.3 is 0 Å². The van der Waals surface area contributed by atoms with Crippen LogP contribution in [0.3, 0.4) is 0 Å². The zero-order valence-electron chi connectivity index (χ0n) is 17.1. The molecule has 2 aromatic heterocycles. The highest BCUT2D eigenvalue weighted by Crippen LogP contribution is 2.31. The molecule has 1 amide bonds. The zero-order valence-corrected chi connectivity index (χ0v) is 17.8. The number of rotatable bonds is 5. The molecule has 4 heterocycles. The first-order valence-electron chi connectivity index (χ1n) is 10.6. The smallest absolute Gasteiger partial charge is 0.227 e. The molecule has 8 heteroatoms. The summed E-state index contributed by atoms with van der Waals surface area (Å²) in [5.41, 5.74) is 4.32. The molecule has 1 aromatic carbocycles. The number of hydrogen-bond acceptors (Lipinski definition) is 6. The van der Waals surface area contributed by atoms with Crippen molar-refractivity contribution >= 4 is 40.5 Å². The van der Waals surface area contributed by atoms with Gasteiger partial charge in [-0.05, 0) is 37.5 Å². The fourth-order valence-electron chi connectivity index (χ4n) is 4.15. The maximum atomic E-state index is 12.0. The van der Waals surface area contributed by atoms with Gasteiger partial charge in [-0.25, -0.2) is 9.97 Å². The predicted molar refractivity (Wildman–Crippen MR) is 123 cm³/mol. The summed E-state index contributed by atoms with van der Waals surface area (Å²) < 4.78 is 0. The maximum Gasteiger partial charge on any atom is 0.227 e. The molecule has 7 nitrogen and oxygen atoms in total. The lowest BCUT2D eigenvalue weighted by molar-refractivity contribution is -0.117. The molecule has 0 radical (unpaired) electrons. The Balaban J connectivity index is 1.41. The van der Waals surface area contributed by atoms with E-state index in [0.717, 1.165) is 43.0 Å². The Hall–Kier alpha value is -3.19. The third kappa shape index (κ3) is 4.18. The number of nitrogens with one attached hydrogen (secondary N) is 1. The van der Waals surface area contributed by atoms with E-state index in [4.69, 9.17) is 11.6 Å². The van der Waals surface area contributed by atoms with Gasteiger partial charge in [0.05, 0.1) is 40.7 Å². The summed E-state index contributed by atoms with van der Waals surface area (Å²) in [5, 5.41) is 3.70. The van der Waals surface area contributed by atoms with E-state index in [1.807, 2.05) is 18.2 Å². The van der Waals surface area contributed by atoms with E-state index in [-0.39, 0.29) is 5.91 Å². The lowest BCUT2D eigenvalue weighted by atomic mass is 10.1. The molecule has 0 atom stereocenters. The number of amides is 1. The predicted octanol–water partition coefficient (Wildman–Crippen LogP) is 4.66. The highest BCUT2D eigenvalue weighted by molar-refractivity contribution is 6.32. The maximum absolute atomic E-state index is 12.0. The summed E-state index contributed by atoms with van der Waals surface area (Å²) in [5.74, 6) is 0.555. The SMILES string of the molecule is O=C1CCCN1c1cncc(Nc2ncc(Cl)c(-c3cccc(N4CCCC4)c3)n2)c1. The molecule has 31 heavy (non-hydrogen) atoms. The largest absolute Gasteiger partial charge is 0.372 e. The summed E-state index contributed by atoms with van der Waals surface area (Å²) in [7, 11) is 0. The molecule has 158 valence electrons. The van der Waals surface area contributed by atoms with E-state index in [9.17, 15) is 4.79 Å². The van der Waals surface area contributed by atoms with Crippen molar-refractivity contribution in [1.82, 2.24) is 15.0 Å². The molecule has 0 unspecified atom stereocenters. The second-order valence-corrected chi connectivity index (χ2v) is 8.25. The lowest BCUT2D eigenvalue weighted by Gasteiger charge is -2.18. The Morgan fingerprint density at radius 2 is 1.84 bits per heavy atom. The van der Waals surface area contributed by atoms with Crippen LogP contribution in [-0.4, -0.2) is 40.5 Å². The van der Waals surface area contributed by atoms with Gasteiger partial charge in [-0.15, -0.1) is 0 Å². The molecule has 2 aliphatic heterocycles. The van der Waals surface area contributed by atoms with E-state index in [1.165, 1.54) is 18.5 Å². The second kappa shape index (κ2) is 8.51. The van der Waals surface area contributed by atoms with Gasteiger partial charge in [0.15, 0.2) is 0 Å². The van der Waals surface area contributed by atoms with Gasteiger partial charge in [0.1, 0.15) is 0 Å². The second-order valence-electron chi connectivity index (χ2n) is 7.84. The fraction of sp³-hybridized carbons (Fsp3) is 0.304. The van der Waals surface area contributed by atoms with Crippen LogP contribution in [0.15, 0.2) is 48.9 Å². The number of hydrogen-bond donors (Lipinski definition) is 1. The van der Waals surface area contributed by atoms with Gasteiger partial charge in [0, 0.05) is 37.3 Å². The topological polar surface area (TPSA) is 74.2 Å². The van der Waals surface area contributed by atoms with Crippen molar-refractivity contribution < 1.29 is 4.79 Å². The number of aromatic nitrogens is 3. The van der Waals surface area contributed by atoms with E-state index in [2.05, 4.69) is 37.3 Å². The normalized spacial score (nSPS) is 16.2. The van der Waals surface area contributed by atoms with Gasteiger partial charge in [-0.2, -0.15) is 0 Å². The Labute approximate surface area is 186 Å². The molecule has 1 N–H and O–H groups in total. The van der Waals surface area contributed by atoms with Crippen LogP contribution in [-0.2, 0) is 4.79 Å². The van der Waals surface area contributed by atoms with Crippen molar-refractivity contribution in [3.8, 4) is 11.3 Å². The van der Waals surface area contributed by atoms with Crippen LogP contribution in [0.5, 0.6) is 0 Å². The van der Waals surface area contributed by atoms with Crippen molar-refractivity contribution in [3.05, 3.63) is 53.9 Å². The molecule has 0 bridgehead atoms. The first-order valence-corrected chi connectivity index (χ1v) is 11.0. The van der Waals surface area contributed by atoms with Crippen molar-refractivity contribution in [1.29, 1.82) is 0 Å². The summed E-state index contributed by atoms with van der Waals surface area (Å²) in [6.45, 7) is 2.88. The van der Waals surface area contributed by atoms with E-state index in [1.54, 1.807) is 23.5 Å². The average molecular weight is 435 g/mol. The molecule has 2 fully saturated rings. The molecule has 0 aliphatic carbocycles. The number of benzene rings is 1. The Morgan fingerprint density at radius 1 is 0.968 bits per heavy atom. The van der Waals surface area contributed by atoms with Crippen LogP contribution < -0.4 is 15.1 Å². The minimum Gasteiger partial charge on any atom is -0.372 e. The summed E-state index contributed by atoms with van der Waals surface area (Å²) in [6, 6.07) is 10.2. The van der Waals surface area contributed by atoms with Crippen LogP contribution in [0.4, 0.5) is 23.0 Å². The number of carbonyl (C=O) groups excluding carboxylic acids is 1. The first kappa shape index (κ1) is 19.8.